The average molecular weight is 247 g/mol. The second-order valence-corrected chi connectivity index (χ2v) is 5.48. The Labute approximate surface area is 95.2 Å². The summed E-state index contributed by atoms with van der Waals surface area (Å²) in [4.78, 5) is 6.19. The summed E-state index contributed by atoms with van der Waals surface area (Å²) in [6.07, 6.45) is 4.08. The molecule has 1 aromatic heterocycles. The minimum absolute atomic E-state index is 0.0720. The molecule has 0 saturated carbocycles. The van der Waals surface area contributed by atoms with E-state index in [2.05, 4.69) is 14.7 Å². The van der Waals surface area contributed by atoms with Gasteiger partial charge in [-0.15, -0.1) is 0 Å². The lowest BCUT2D eigenvalue weighted by Crippen LogP contribution is -2.25. The number of nitrogens with one attached hydrogen (secondary N) is 2. The molecule has 0 aliphatic heterocycles. The van der Waals surface area contributed by atoms with E-state index in [9.17, 15) is 8.42 Å². The van der Waals surface area contributed by atoms with Crippen molar-refractivity contribution in [1.82, 2.24) is 14.7 Å². The zero-order valence-electron chi connectivity index (χ0n) is 9.18. The fourth-order valence-electron chi connectivity index (χ4n) is 1.22. The number of hydrogen-bond donors (Lipinski definition) is 3. The van der Waals surface area contributed by atoms with Crippen LogP contribution in [0.25, 0.3) is 0 Å². The lowest BCUT2D eigenvalue weighted by Gasteiger charge is -2.07. The third-order valence-electron chi connectivity index (χ3n) is 2.24. The van der Waals surface area contributed by atoms with Gasteiger partial charge in [-0.05, 0) is 18.8 Å². The van der Waals surface area contributed by atoms with Crippen molar-refractivity contribution in [2.45, 2.75) is 24.8 Å². The molecule has 0 aliphatic carbocycles. The molecule has 0 aromatic carbocycles. The van der Waals surface area contributed by atoms with Gasteiger partial charge in [0.1, 0.15) is 0 Å². The minimum Gasteiger partial charge on any atom is -0.396 e. The summed E-state index contributed by atoms with van der Waals surface area (Å²) in [7, 11) is -3.45. The van der Waals surface area contributed by atoms with E-state index in [0.717, 1.165) is 6.42 Å². The summed E-state index contributed by atoms with van der Waals surface area (Å²) in [6, 6.07) is 0. The number of aromatic nitrogens is 2. The molecule has 1 atom stereocenters. The number of aliphatic hydroxyl groups excluding tert-OH is 1. The van der Waals surface area contributed by atoms with Gasteiger partial charge in [0.15, 0.2) is 5.03 Å². The van der Waals surface area contributed by atoms with Gasteiger partial charge in [-0.1, -0.05) is 6.92 Å². The minimum atomic E-state index is -3.45. The van der Waals surface area contributed by atoms with Gasteiger partial charge in [-0.2, -0.15) is 0 Å². The second kappa shape index (κ2) is 5.97. The third kappa shape index (κ3) is 3.92. The van der Waals surface area contributed by atoms with Gasteiger partial charge < -0.3 is 10.1 Å². The summed E-state index contributed by atoms with van der Waals surface area (Å²) in [5, 5.41) is 8.86. The number of sulfonamides is 1. The van der Waals surface area contributed by atoms with Gasteiger partial charge >= 0.3 is 0 Å². The summed E-state index contributed by atoms with van der Waals surface area (Å²) in [5.41, 5.74) is 0. The van der Waals surface area contributed by atoms with E-state index in [4.69, 9.17) is 5.11 Å². The van der Waals surface area contributed by atoms with Crippen molar-refractivity contribution < 1.29 is 13.5 Å². The largest absolute Gasteiger partial charge is 0.396 e. The highest BCUT2D eigenvalue weighted by atomic mass is 32.2. The van der Waals surface area contributed by atoms with E-state index >= 15 is 0 Å². The fourth-order valence-corrected chi connectivity index (χ4v) is 2.19. The molecule has 0 fully saturated rings. The zero-order chi connectivity index (χ0) is 12.0. The Morgan fingerprint density at radius 1 is 1.62 bits per heavy atom. The van der Waals surface area contributed by atoms with E-state index in [1.165, 1.54) is 12.5 Å². The number of nitrogens with zero attached hydrogens (tertiary/aromatic N) is 1. The standard InChI is InChI=1S/C9H17N3O3S/c1-8(6-13)3-2-4-12-16(14,15)9-5-10-7-11-9/h5,7-8,12-13H,2-4,6H2,1H3,(H,10,11). The maximum Gasteiger partial charge on any atom is 0.257 e. The molecule has 0 spiro atoms. The zero-order valence-corrected chi connectivity index (χ0v) is 10.00. The first-order chi connectivity index (χ1) is 7.56. The van der Waals surface area contributed by atoms with Gasteiger partial charge in [0.25, 0.3) is 10.0 Å². The molecule has 1 aromatic rings. The Morgan fingerprint density at radius 3 is 2.94 bits per heavy atom. The Balaban J connectivity index is 2.33. The maximum absolute atomic E-state index is 11.6. The van der Waals surface area contributed by atoms with Gasteiger partial charge in [0, 0.05) is 13.2 Å². The number of aliphatic hydroxyl groups is 1. The molecule has 0 radical (unpaired) electrons. The van der Waals surface area contributed by atoms with Crippen molar-refractivity contribution in [3.63, 3.8) is 0 Å². The van der Waals surface area contributed by atoms with Gasteiger partial charge in [0.2, 0.25) is 0 Å². The SMILES string of the molecule is CC(CO)CCCNS(=O)(=O)c1cnc[nH]1. The van der Waals surface area contributed by atoms with Crippen LogP contribution in [0.2, 0.25) is 0 Å². The average Bonchev–Trinajstić information content (AvgIpc) is 2.78. The summed E-state index contributed by atoms with van der Waals surface area (Å²) < 4.78 is 25.6. The molecule has 1 unspecified atom stereocenters. The van der Waals surface area contributed by atoms with Crippen LogP contribution in [0.4, 0.5) is 0 Å². The van der Waals surface area contributed by atoms with Crippen molar-refractivity contribution in [1.29, 1.82) is 0 Å². The summed E-state index contributed by atoms with van der Waals surface area (Å²) >= 11 is 0. The van der Waals surface area contributed by atoms with Crippen LogP contribution in [0.5, 0.6) is 0 Å². The summed E-state index contributed by atoms with van der Waals surface area (Å²) in [5.74, 6) is 0.205. The Morgan fingerprint density at radius 2 is 2.38 bits per heavy atom. The number of hydrogen-bond acceptors (Lipinski definition) is 4. The molecular formula is C9H17N3O3S. The number of imidazole rings is 1. The molecule has 0 aliphatic rings. The lowest BCUT2D eigenvalue weighted by atomic mass is 10.1. The van der Waals surface area contributed by atoms with Crippen LogP contribution in [0.1, 0.15) is 19.8 Å². The fraction of sp³-hybridized carbons (Fsp3) is 0.667. The van der Waals surface area contributed by atoms with Crippen molar-refractivity contribution in [2.24, 2.45) is 5.92 Å². The highest BCUT2D eigenvalue weighted by Gasteiger charge is 2.14. The van der Waals surface area contributed by atoms with Gasteiger partial charge in [-0.25, -0.2) is 18.1 Å². The summed E-state index contributed by atoms with van der Waals surface area (Å²) in [6.45, 7) is 2.42. The molecule has 0 bridgehead atoms. The molecule has 1 rings (SSSR count). The molecular weight excluding hydrogens is 230 g/mol. The van der Waals surface area contributed by atoms with Crippen LogP contribution < -0.4 is 4.72 Å². The lowest BCUT2D eigenvalue weighted by molar-refractivity contribution is 0.228. The molecule has 1 heterocycles. The van der Waals surface area contributed by atoms with Crippen LogP contribution in [-0.4, -0.2) is 36.6 Å². The van der Waals surface area contributed by atoms with Crippen LogP contribution in [0.15, 0.2) is 17.6 Å². The van der Waals surface area contributed by atoms with Crippen LogP contribution in [0, 0.1) is 5.92 Å². The van der Waals surface area contributed by atoms with E-state index in [1.807, 2.05) is 6.92 Å². The molecule has 92 valence electrons. The Hall–Kier alpha value is -0.920. The first-order valence-corrected chi connectivity index (χ1v) is 6.63. The quantitative estimate of drug-likeness (QED) is 0.595. The van der Waals surface area contributed by atoms with Gasteiger partial charge in [-0.3, -0.25) is 0 Å². The van der Waals surface area contributed by atoms with E-state index < -0.39 is 10.0 Å². The normalized spacial score (nSPS) is 13.9. The van der Waals surface area contributed by atoms with Crippen LogP contribution in [-0.2, 0) is 10.0 Å². The van der Waals surface area contributed by atoms with E-state index in [1.54, 1.807) is 0 Å². The molecule has 0 saturated heterocycles. The van der Waals surface area contributed by atoms with E-state index in [-0.39, 0.29) is 17.6 Å². The topological polar surface area (TPSA) is 95.1 Å². The van der Waals surface area contributed by atoms with Crippen LogP contribution >= 0.6 is 0 Å². The number of H-pyrrole nitrogens is 1. The second-order valence-electron chi connectivity index (χ2n) is 3.74. The monoisotopic (exact) mass is 247 g/mol. The molecule has 0 amide bonds. The van der Waals surface area contributed by atoms with Crippen molar-refractivity contribution >= 4 is 10.0 Å². The van der Waals surface area contributed by atoms with Crippen molar-refractivity contribution in [2.75, 3.05) is 13.2 Å². The first kappa shape index (κ1) is 13.1. The predicted molar refractivity (Wildman–Crippen MR) is 59.3 cm³/mol. The molecule has 7 heteroatoms. The maximum atomic E-state index is 11.6. The van der Waals surface area contributed by atoms with Crippen molar-refractivity contribution in [3.05, 3.63) is 12.5 Å². The van der Waals surface area contributed by atoms with Gasteiger partial charge in [0.05, 0.1) is 12.5 Å². The van der Waals surface area contributed by atoms with Crippen LogP contribution in [0.3, 0.4) is 0 Å². The van der Waals surface area contributed by atoms with E-state index in [0.29, 0.717) is 13.0 Å². The molecule has 3 N–H and O–H groups in total. The third-order valence-corrected chi connectivity index (χ3v) is 3.63. The van der Waals surface area contributed by atoms with Crippen molar-refractivity contribution in [3.8, 4) is 0 Å². The Kier molecular flexibility index (Phi) is 4.91. The molecule has 6 nitrogen and oxygen atoms in total. The Bertz CT molecular complexity index is 388. The number of aromatic amines is 1. The predicted octanol–water partition coefficient (Wildman–Crippen LogP) is 0.0966. The first-order valence-electron chi connectivity index (χ1n) is 5.15. The highest BCUT2D eigenvalue weighted by molar-refractivity contribution is 7.89. The number of rotatable bonds is 7. The molecule has 16 heavy (non-hydrogen) atoms. The highest BCUT2D eigenvalue weighted by Crippen LogP contribution is 2.05. The smallest absolute Gasteiger partial charge is 0.257 e.